The van der Waals surface area contributed by atoms with Crippen LogP contribution in [0, 0.1) is 5.41 Å². The summed E-state index contributed by atoms with van der Waals surface area (Å²) in [4.78, 5) is 8.09. The van der Waals surface area contributed by atoms with E-state index in [9.17, 15) is 0 Å². The molecule has 0 aromatic carbocycles. The van der Waals surface area contributed by atoms with E-state index in [1.165, 1.54) is 6.20 Å². The van der Waals surface area contributed by atoms with E-state index in [0.29, 0.717) is 24.6 Å². The first-order valence-electron chi connectivity index (χ1n) is 4.52. The van der Waals surface area contributed by atoms with E-state index in [1.807, 2.05) is 13.8 Å². The first-order chi connectivity index (χ1) is 6.69. The zero-order chi connectivity index (χ0) is 10.6. The van der Waals surface area contributed by atoms with Gasteiger partial charge in [0.05, 0.1) is 17.9 Å². The Morgan fingerprint density at radius 3 is 2.79 bits per heavy atom. The van der Waals surface area contributed by atoms with Gasteiger partial charge in [-0.05, 0) is 13.3 Å². The average Bonchev–Trinajstić information content (AvgIpc) is 2.17. The third-order valence-corrected chi connectivity index (χ3v) is 1.74. The second kappa shape index (κ2) is 4.55. The Balaban J connectivity index is 3.05. The van der Waals surface area contributed by atoms with Crippen LogP contribution in [0.2, 0.25) is 0 Å². The van der Waals surface area contributed by atoms with Crippen molar-refractivity contribution in [2.45, 2.75) is 20.3 Å². The smallest absolute Gasteiger partial charge is 0.316 e. The predicted octanol–water partition coefficient (Wildman–Crippen LogP) is 0.722. The van der Waals surface area contributed by atoms with Crippen molar-refractivity contribution in [3.8, 4) is 6.01 Å². The molecular formula is C9H14N4O. The van der Waals surface area contributed by atoms with Crippen molar-refractivity contribution in [2.75, 3.05) is 6.61 Å². The highest BCUT2D eigenvalue weighted by Gasteiger charge is 2.07. The molecule has 0 aliphatic rings. The van der Waals surface area contributed by atoms with Gasteiger partial charge in [-0.2, -0.15) is 4.98 Å². The molecular weight excluding hydrogens is 180 g/mol. The molecule has 0 atom stereocenters. The van der Waals surface area contributed by atoms with Gasteiger partial charge < -0.3 is 10.5 Å². The molecule has 14 heavy (non-hydrogen) atoms. The Hall–Kier alpha value is -1.65. The number of hydrogen-bond acceptors (Lipinski definition) is 4. The molecule has 76 valence electrons. The standard InChI is InChI=1S/C9H14N4O/c1-3-7-6(8(10)11)5-12-9(13-7)14-4-2/h5H,3-4H2,1-2H3,(H3,10,11). The molecule has 0 unspecified atom stereocenters. The molecule has 3 N–H and O–H groups in total. The number of nitrogen functional groups attached to an aromatic ring is 1. The van der Waals surface area contributed by atoms with Crippen LogP contribution in [-0.2, 0) is 6.42 Å². The number of amidine groups is 1. The van der Waals surface area contributed by atoms with Crippen molar-refractivity contribution in [3.63, 3.8) is 0 Å². The van der Waals surface area contributed by atoms with Gasteiger partial charge in [0.1, 0.15) is 5.84 Å². The van der Waals surface area contributed by atoms with Gasteiger partial charge in [0.15, 0.2) is 0 Å². The van der Waals surface area contributed by atoms with Gasteiger partial charge in [0, 0.05) is 6.20 Å². The summed E-state index contributed by atoms with van der Waals surface area (Å²) in [5, 5.41) is 7.31. The van der Waals surface area contributed by atoms with Crippen LogP contribution in [-0.4, -0.2) is 22.4 Å². The molecule has 1 aromatic heterocycles. The minimum Gasteiger partial charge on any atom is -0.464 e. The summed E-state index contributed by atoms with van der Waals surface area (Å²) in [6.07, 6.45) is 2.23. The van der Waals surface area contributed by atoms with Crippen LogP contribution in [0.25, 0.3) is 0 Å². The number of aromatic nitrogens is 2. The van der Waals surface area contributed by atoms with E-state index in [2.05, 4.69) is 9.97 Å². The third kappa shape index (κ3) is 2.18. The molecule has 0 fully saturated rings. The van der Waals surface area contributed by atoms with Crippen molar-refractivity contribution in [1.29, 1.82) is 5.41 Å². The number of nitrogens with zero attached hydrogens (tertiary/aromatic N) is 2. The van der Waals surface area contributed by atoms with E-state index in [0.717, 1.165) is 5.69 Å². The van der Waals surface area contributed by atoms with Crippen molar-refractivity contribution in [1.82, 2.24) is 9.97 Å². The predicted molar refractivity (Wildman–Crippen MR) is 53.6 cm³/mol. The van der Waals surface area contributed by atoms with Crippen LogP contribution < -0.4 is 10.5 Å². The summed E-state index contributed by atoms with van der Waals surface area (Å²) in [5.41, 5.74) is 6.70. The quantitative estimate of drug-likeness (QED) is 0.546. The number of rotatable bonds is 4. The van der Waals surface area contributed by atoms with E-state index in [-0.39, 0.29) is 5.84 Å². The minimum absolute atomic E-state index is 0.00935. The first kappa shape index (κ1) is 10.4. The average molecular weight is 194 g/mol. The van der Waals surface area contributed by atoms with Crippen molar-refractivity contribution in [2.24, 2.45) is 5.73 Å². The topological polar surface area (TPSA) is 84.9 Å². The summed E-state index contributed by atoms with van der Waals surface area (Å²) >= 11 is 0. The maximum absolute atomic E-state index is 7.31. The van der Waals surface area contributed by atoms with E-state index >= 15 is 0 Å². The molecule has 0 amide bonds. The summed E-state index contributed by atoms with van der Waals surface area (Å²) < 4.78 is 5.15. The molecule has 0 bridgehead atoms. The lowest BCUT2D eigenvalue weighted by Gasteiger charge is -2.06. The number of nitrogens with one attached hydrogen (secondary N) is 1. The van der Waals surface area contributed by atoms with Gasteiger partial charge in [0.2, 0.25) is 0 Å². The van der Waals surface area contributed by atoms with Crippen molar-refractivity contribution >= 4 is 5.84 Å². The molecule has 0 radical (unpaired) electrons. The molecule has 0 saturated carbocycles. The largest absolute Gasteiger partial charge is 0.464 e. The monoisotopic (exact) mass is 194 g/mol. The fourth-order valence-corrected chi connectivity index (χ4v) is 1.09. The molecule has 1 rings (SSSR count). The molecule has 1 aromatic rings. The second-order valence-electron chi connectivity index (χ2n) is 2.71. The lowest BCUT2D eigenvalue weighted by molar-refractivity contribution is 0.311. The zero-order valence-corrected chi connectivity index (χ0v) is 8.37. The van der Waals surface area contributed by atoms with Gasteiger partial charge in [-0.3, -0.25) is 5.41 Å². The third-order valence-electron chi connectivity index (χ3n) is 1.74. The van der Waals surface area contributed by atoms with Gasteiger partial charge in [-0.1, -0.05) is 6.92 Å². The van der Waals surface area contributed by atoms with Crippen LogP contribution in [0.1, 0.15) is 25.1 Å². The molecule has 5 heteroatoms. The Kier molecular flexibility index (Phi) is 3.39. The number of nitrogens with two attached hydrogens (primary N) is 1. The molecule has 1 heterocycles. The van der Waals surface area contributed by atoms with E-state index in [1.54, 1.807) is 0 Å². The molecule has 0 aliphatic carbocycles. The van der Waals surface area contributed by atoms with E-state index < -0.39 is 0 Å². The van der Waals surface area contributed by atoms with Crippen LogP contribution in [0.4, 0.5) is 0 Å². The van der Waals surface area contributed by atoms with Crippen molar-refractivity contribution < 1.29 is 4.74 Å². The van der Waals surface area contributed by atoms with Crippen LogP contribution in [0.5, 0.6) is 6.01 Å². The highest BCUT2D eigenvalue weighted by molar-refractivity contribution is 5.95. The van der Waals surface area contributed by atoms with Gasteiger partial charge in [-0.15, -0.1) is 0 Å². The lowest BCUT2D eigenvalue weighted by Crippen LogP contribution is -2.16. The molecule has 0 aliphatic heterocycles. The highest BCUT2D eigenvalue weighted by atomic mass is 16.5. The van der Waals surface area contributed by atoms with Crippen LogP contribution in [0.3, 0.4) is 0 Å². The van der Waals surface area contributed by atoms with E-state index in [4.69, 9.17) is 15.9 Å². The molecule has 5 nitrogen and oxygen atoms in total. The number of aryl methyl sites for hydroxylation is 1. The van der Waals surface area contributed by atoms with Crippen LogP contribution in [0.15, 0.2) is 6.20 Å². The molecule has 0 spiro atoms. The maximum atomic E-state index is 7.31. The lowest BCUT2D eigenvalue weighted by atomic mass is 10.2. The molecule has 0 saturated heterocycles. The first-order valence-corrected chi connectivity index (χ1v) is 4.52. The minimum atomic E-state index is -0.00935. The fraction of sp³-hybridized carbons (Fsp3) is 0.444. The fourth-order valence-electron chi connectivity index (χ4n) is 1.09. The Bertz CT molecular complexity index is 338. The number of ether oxygens (including phenoxy) is 1. The highest BCUT2D eigenvalue weighted by Crippen LogP contribution is 2.09. The Labute approximate surface area is 82.8 Å². The summed E-state index contributed by atoms with van der Waals surface area (Å²) in [5.74, 6) is -0.00935. The van der Waals surface area contributed by atoms with Gasteiger partial charge >= 0.3 is 6.01 Å². The van der Waals surface area contributed by atoms with Crippen molar-refractivity contribution in [3.05, 3.63) is 17.5 Å². The summed E-state index contributed by atoms with van der Waals surface area (Å²) in [6, 6.07) is 0.342. The van der Waals surface area contributed by atoms with Gasteiger partial charge in [0.25, 0.3) is 0 Å². The normalized spacial score (nSPS) is 9.86. The Morgan fingerprint density at radius 2 is 2.29 bits per heavy atom. The zero-order valence-electron chi connectivity index (χ0n) is 8.37. The summed E-state index contributed by atoms with van der Waals surface area (Å²) in [6.45, 7) is 4.35. The number of hydrogen-bond donors (Lipinski definition) is 2. The van der Waals surface area contributed by atoms with Crippen LogP contribution >= 0.6 is 0 Å². The summed E-state index contributed by atoms with van der Waals surface area (Å²) in [7, 11) is 0. The SMILES string of the molecule is CCOc1ncc(C(=N)N)c(CC)n1. The maximum Gasteiger partial charge on any atom is 0.316 e. The van der Waals surface area contributed by atoms with Gasteiger partial charge in [-0.25, -0.2) is 4.98 Å². The Morgan fingerprint density at radius 1 is 1.57 bits per heavy atom. The second-order valence-corrected chi connectivity index (χ2v) is 2.71.